The van der Waals surface area contributed by atoms with Crippen LogP contribution >= 0.6 is 0 Å². The number of benzene rings is 3. The van der Waals surface area contributed by atoms with E-state index in [4.69, 9.17) is 15.6 Å². The Morgan fingerprint density at radius 1 is 1.00 bits per heavy atom. The molecule has 19 heteroatoms. The van der Waals surface area contributed by atoms with E-state index >= 15 is 0 Å². The van der Waals surface area contributed by atoms with Crippen molar-refractivity contribution < 1.29 is 33.5 Å². The smallest absolute Gasteiger partial charge is 0.264 e. The van der Waals surface area contributed by atoms with Gasteiger partial charge < -0.3 is 26.0 Å². The Hall–Kier alpha value is -7.98. The zero-order valence-corrected chi connectivity index (χ0v) is 37.3. The molecular formula is C48H50N12O7. The second kappa shape index (κ2) is 19.2. The number of hydrogen-bond acceptors (Lipinski definition) is 14. The molecule has 3 aromatic carbocycles. The van der Waals surface area contributed by atoms with Gasteiger partial charge in [-0.25, -0.2) is 14.6 Å². The normalized spacial score (nSPS) is 17.6. The fraction of sp³-hybridized carbons (Fsp3) is 0.333. The first-order valence-corrected chi connectivity index (χ1v) is 22.0. The molecule has 5 heterocycles. The van der Waals surface area contributed by atoms with Crippen LogP contribution in [0.5, 0.6) is 11.5 Å². The molecule has 0 aliphatic carbocycles. The van der Waals surface area contributed by atoms with Gasteiger partial charge >= 0.3 is 0 Å². The molecule has 3 aliphatic heterocycles. The molecule has 67 heavy (non-hydrogen) atoms. The number of para-hydroxylation sites is 1. The average molecular weight is 907 g/mol. The lowest BCUT2D eigenvalue weighted by molar-refractivity contribution is -0.136. The number of hydrogen-bond donors (Lipinski definition) is 4. The summed E-state index contributed by atoms with van der Waals surface area (Å²) in [5, 5.41) is 23.9. The molecule has 2 unspecified atom stereocenters. The minimum Gasteiger partial charge on any atom is -0.457 e. The van der Waals surface area contributed by atoms with Crippen LogP contribution in [0.4, 0.5) is 11.5 Å². The van der Waals surface area contributed by atoms with Crippen molar-refractivity contribution in [2.45, 2.75) is 63.6 Å². The van der Waals surface area contributed by atoms with E-state index in [-0.39, 0.29) is 65.4 Å². The van der Waals surface area contributed by atoms with Crippen LogP contribution in [0.15, 0.2) is 90.8 Å². The third kappa shape index (κ3) is 9.56. The van der Waals surface area contributed by atoms with E-state index in [0.29, 0.717) is 61.5 Å². The predicted molar refractivity (Wildman–Crippen MR) is 246 cm³/mol. The molecule has 2 saturated heterocycles. The summed E-state index contributed by atoms with van der Waals surface area (Å²) in [6, 6.07) is 22.4. The van der Waals surface area contributed by atoms with Crippen LogP contribution in [0, 0.1) is 11.3 Å². The number of nitrogen functional groups attached to an aromatic ring is 1. The lowest BCUT2D eigenvalue weighted by atomic mass is 9.97. The number of anilines is 2. The van der Waals surface area contributed by atoms with Crippen molar-refractivity contribution in [1.82, 2.24) is 45.1 Å². The van der Waals surface area contributed by atoms with E-state index < -0.39 is 35.2 Å². The van der Waals surface area contributed by atoms with Crippen LogP contribution in [0.2, 0.25) is 0 Å². The molecule has 3 aliphatic rings. The Bertz CT molecular complexity index is 2840. The summed E-state index contributed by atoms with van der Waals surface area (Å²) >= 11 is 0. The number of rotatable bonds is 15. The lowest BCUT2D eigenvalue weighted by Crippen LogP contribution is -2.54. The van der Waals surface area contributed by atoms with Crippen molar-refractivity contribution in [3.05, 3.63) is 102 Å². The quantitative estimate of drug-likeness (QED) is 0.0497. The zero-order chi connectivity index (χ0) is 47.4. The fourth-order valence-corrected chi connectivity index (χ4v) is 8.60. The average Bonchev–Trinajstić information content (AvgIpc) is 3.84. The number of carbonyl (C=O) groups is 6. The number of likely N-dealkylation sites (tertiary alicyclic amines) is 1. The molecule has 2 atom stereocenters. The summed E-state index contributed by atoms with van der Waals surface area (Å²) in [6.45, 7) is 5.22. The summed E-state index contributed by atoms with van der Waals surface area (Å²) in [5.41, 5.74) is 8.10. The molecule has 0 saturated carbocycles. The van der Waals surface area contributed by atoms with Crippen LogP contribution in [-0.4, -0.2) is 121 Å². The van der Waals surface area contributed by atoms with Gasteiger partial charge in [0.15, 0.2) is 5.65 Å². The molecule has 0 radical (unpaired) electrons. The van der Waals surface area contributed by atoms with Gasteiger partial charge in [0.1, 0.15) is 47.0 Å². The Labute approximate surface area is 385 Å². The predicted octanol–water partition coefficient (Wildman–Crippen LogP) is 4.21. The van der Waals surface area contributed by atoms with Gasteiger partial charge in [-0.05, 0) is 101 Å². The topological polar surface area (TPSA) is 251 Å². The third-order valence-corrected chi connectivity index (χ3v) is 12.4. The minimum absolute atomic E-state index is 0.00547. The molecule has 2 aromatic heterocycles. The maximum atomic E-state index is 14.0. The maximum Gasteiger partial charge on any atom is 0.264 e. The molecular weight excluding hydrogens is 857 g/mol. The van der Waals surface area contributed by atoms with Crippen molar-refractivity contribution in [3.63, 3.8) is 0 Å². The highest BCUT2D eigenvalue weighted by Gasteiger charge is 2.45. The van der Waals surface area contributed by atoms with Gasteiger partial charge in [0, 0.05) is 49.4 Å². The summed E-state index contributed by atoms with van der Waals surface area (Å²) in [4.78, 5) is 91.0. The van der Waals surface area contributed by atoms with Crippen LogP contribution in [0.25, 0.3) is 22.3 Å². The molecule has 19 nitrogen and oxygen atoms in total. The summed E-state index contributed by atoms with van der Waals surface area (Å²) < 4.78 is 7.80. The number of ether oxygens (including phenoxy) is 1. The van der Waals surface area contributed by atoms with E-state index in [2.05, 4.69) is 32.0 Å². The number of aromatic nitrogens is 4. The third-order valence-electron chi connectivity index (χ3n) is 12.4. The Morgan fingerprint density at radius 2 is 1.76 bits per heavy atom. The number of fused-ring (bicyclic) bond motifs is 2. The van der Waals surface area contributed by atoms with Crippen LogP contribution in [0.3, 0.4) is 0 Å². The Balaban J connectivity index is 0.851. The number of carbonyl (C=O) groups excluding carboxylic acids is 6. The number of nitrogens with two attached hydrogens (primary N) is 1. The summed E-state index contributed by atoms with van der Waals surface area (Å²) in [6.07, 6.45) is 5.05. The summed E-state index contributed by atoms with van der Waals surface area (Å²) in [7, 11) is 1.88. The van der Waals surface area contributed by atoms with Crippen molar-refractivity contribution in [2.24, 2.45) is 0 Å². The van der Waals surface area contributed by atoms with Crippen LogP contribution < -0.4 is 26.4 Å². The minimum atomic E-state index is -1.10. The van der Waals surface area contributed by atoms with Crippen molar-refractivity contribution >= 4 is 58.0 Å². The molecule has 5 aromatic rings. The molecule has 0 spiro atoms. The van der Waals surface area contributed by atoms with E-state index in [1.54, 1.807) is 23.1 Å². The monoisotopic (exact) mass is 906 g/mol. The summed E-state index contributed by atoms with van der Waals surface area (Å²) in [5.74, 6) is -1.55. The Morgan fingerprint density at radius 3 is 2.51 bits per heavy atom. The van der Waals surface area contributed by atoms with Gasteiger partial charge in [-0.15, -0.1) is 0 Å². The van der Waals surface area contributed by atoms with Gasteiger partial charge in [-0.1, -0.05) is 24.3 Å². The van der Waals surface area contributed by atoms with Crippen molar-refractivity contribution in [2.75, 3.05) is 50.8 Å². The van der Waals surface area contributed by atoms with E-state index in [1.807, 2.05) is 85.1 Å². The first-order chi connectivity index (χ1) is 32.2. The lowest BCUT2D eigenvalue weighted by Gasteiger charge is -2.35. The highest BCUT2D eigenvalue weighted by atomic mass is 16.5. The van der Waals surface area contributed by atoms with Crippen LogP contribution in [-0.2, 0) is 19.2 Å². The van der Waals surface area contributed by atoms with Gasteiger partial charge in [0.05, 0.1) is 29.1 Å². The number of piperidine rings is 2. The van der Waals surface area contributed by atoms with E-state index in [1.165, 1.54) is 12.4 Å². The molecule has 8 rings (SSSR count). The highest BCUT2D eigenvalue weighted by molar-refractivity contribution is 6.25. The largest absolute Gasteiger partial charge is 0.457 e. The second-order valence-corrected chi connectivity index (χ2v) is 17.2. The second-order valence-electron chi connectivity index (χ2n) is 17.2. The fourth-order valence-electron chi connectivity index (χ4n) is 8.60. The van der Waals surface area contributed by atoms with Gasteiger partial charge in [-0.2, -0.15) is 10.4 Å². The SMILES string of the molecule is CN(CCCNC(=O)CNc1cccc2c1C(=O)N(C1CCC(=O)NC1=O)C2=O)C(C)(C)C=C(C#N)C(=O)N1CCCC(n2nc(-c3ccc(Oc4ccccc4)cc3)c3c(N)ncnc32)C1. The number of likely N-dealkylation sites (N-methyl/N-ethyl adjacent to an activating group) is 1. The van der Waals surface area contributed by atoms with Crippen LogP contribution in [0.1, 0.15) is 72.7 Å². The van der Waals surface area contributed by atoms with E-state index in [9.17, 15) is 34.0 Å². The Kier molecular flexibility index (Phi) is 13.1. The van der Waals surface area contributed by atoms with Crippen molar-refractivity contribution in [3.8, 4) is 28.8 Å². The van der Waals surface area contributed by atoms with Crippen molar-refractivity contribution in [1.29, 1.82) is 5.26 Å². The van der Waals surface area contributed by atoms with Gasteiger partial charge in [0.2, 0.25) is 17.7 Å². The molecule has 2 fully saturated rings. The van der Waals surface area contributed by atoms with E-state index in [0.717, 1.165) is 22.6 Å². The first kappa shape index (κ1) is 45.6. The number of amides is 6. The molecule has 5 N–H and O–H groups in total. The molecule has 6 amide bonds. The van der Waals surface area contributed by atoms with Gasteiger partial charge in [-0.3, -0.25) is 43.9 Å². The van der Waals surface area contributed by atoms with Gasteiger partial charge in [0.25, 0.3) is 17.7 Å². The standard InChI is InChI=1S/C48H50N12O7/c1-48(2,57(3)22-9-21-51-38(62)26-52-35-14-7-13-34-39(35)47(66)59(46(34)65)36-19-20-37(61)55-44(36)63)24-30(25-49)45(64)58-23-8-10-31(27-58)60-43-40(42(50)53-28-54-43)41(56-60)29-15-17-33(18-16-29)67-32-11-5-4-6-12-32/h4-7,11-18,24,28,31,36,52H,8-10,19-23,26-27H2,1-3H3,(H,51,62)(H2,50,53,54)(H,55,61,63). The number of nitrogens with one attached hydrogen (secondary N) is 3. The molecule has 0 bridgehead atoms. The highest BCUT2D eigenvalue weighted by Crippen LogP contribution is 2.36. The first-order valence-electron chi connectivity index (χ1n) is 22.0. The zero-order valence-electron chi connectivity index (χ0n) is 37.3. The number of nitriles is 1. The number of nitrogens with zero attached hydrogens (tertiary/aromatic N) is 8. The number of imide groups is 2. The maximum absolute atomic E-state index is 14.0. The molecule has 344 valence electrons.